The molecule has 3 heterocycles. The number of piperidine rings is 1. The molecule has 3 aliphatic heterocycles. The molecule has 0 spiro atoms. The zero-order valence-corrected chi connectivity index (χ0v) is 107. The number of aliphatic hydroxyl groups excluding tert-OH is 3. The third kappa shape index (κ3) is 77.2. The van der Waals surface area contributed by atoms with Crippen molar-refractivity contribution in [3.8, 4) is 0 Å². The Labute approximate surface area is 921 Å². The Bertz CT molecular complexity index is 2780. The monoisotopic (exact) mass is 2060 g/mol. The normalized spacial score (nSPS) is 23.7. The zero-order valence-electron chi connectivity index (χ0n) is 107. The second-order valence-corrected chi connectivity index (χ2v) is 59.7. The van der Waals surface area contributed by atoms with Crippen LogP contribution in [0.25, 0.3) is 0 Å². The second kappa shape index (κ2) is 82.2. The SMILES string of the molecule is CC(C)C(O)C1CC1.CC(C)C(O)C1CCC1.CC(C)C(O)C1CCCC1.CC(C)C1(C)CCCC1.CC(C)C1(C)CCCCC1.CC(C)C1CC1.CC(C)C1CCC1.CC(C)C1CCCC1.CC(C)C1CCCCC1.CC(C)CC1(C)CCCCC1.CC(C)CC1(O)CCCC1.CC(C)CC1CC1.CC(C)CC1CCC1.CC(C)CC1CCCC1.CC(C)CC1CO1.CC(C)CCC1CO1.CC(C)CN1CCCCC1. The lowest BCUT2D eigenvalue weighted by Crippen LogP contribution is -2.32. The molecule has 3 saturated heterocycles. The average molecular weight is 2060 g/mol. The van der Waals surface area contributed by atoms with Crippen molar-refractivity contribution in [3.05, 3.63) is 0 Å². The van der Waals surface area contributed by atoms with E-state index in [0.717, 1.165) is 151 Å². The number of hydrogen-bond donors (Lipinski definition) is 4. The van der Waals surface area contributed by atoms with Crippen molar-refractivity contribution in [2.24, 2.45) is 176 Å². The van der Waals surface area contributed by atoms with Gasteiger partial charge in [0.25, 0.3) is 0 Å². The van der Waals surface area contributed by atoms with Crippen molar-refractivity contribution >= 4 is 0 Å². The van der Waals surface area contributed by atoms with Crippen molar-refractivity contribution < 1.29 is 29.9 Å². The molecule has 5 unspecified atom stereocenters. The van der Waals surface area contributed by atoms with Gasteiger partial charge in [0, 0.05) is 6.54 Å². The summed E-state index contributed by atoms with van der Waals surface area (Å²) in [6.07, 6.45) is 87.2. The number of nitrogens with zero attached hydrogens (tertiary/aromatic N) is 1. The molecular formula is C139H279NO6. The third-order valence-corrected chi connectivity index (χ3v) is 37.6. The van der Waals surface area contributed by atoms with Gasteiger partial charge in [0.2, 0.25) is 0 Å². The topological polar surface area (TPSA) is 109 Å². The molecule has 4 N–H and O–H groups in total. The van der Waals surface area contributed by atoms with E-state index in [1.54, 1.807) is 0 Å². The van der Waals surface area contributed by atoms with Crippen molar-refractivity contribution in [3.63, 3.8) is 0 Å². The molecule has 0 amide bonds. The summed E-state index contributed by atoms with van der Waals surface area (Å²) in [5.74, 6) is 23.3. The number of aliphatic hydroxyl groups is 4. The van der Waals surface area contributed by atoms with E-state index in [1.807, 2.05) is 0 Å². The van der Waals surface area contributed by atoms with Gasteiger partial charge in [-0.2, -0.15) is 0 Å². The summed E-state index contributed by atoms with van der Waals surface area (Å²) in [6, 6.07) is 0. The largest absolute Gasteiger partial charge is 0.393 e. The van der Waals surface area contributed by atoms with E-state index in [4.69, 9.17) is 9.47 Å². The minimum absolute atomic E-state index is 0.0185. The summed E-state index contributed by atoms with van der Waals surface area (Å²) in [4.78, 5) is 2.59. The van der Waals surface area contributed by atoms with Gasteiger partial charge in [0.05, 0.1) is 49.3 Å². The van der Waals surface area contributed by atoms with Crippen LogP contribution in [0.5, 0.6) is 0 Å². The van der Waals surface area contributed by atoms with Crippen molar-refractivity contribution in [1.29, 1.82) is 0 Å². The smallest absolute Gasteiger partial charge is 0.0812 e. The van der Waals surface area contributed by atoms with Crippen LogP contribution in [0, 0.1) is 176 Å². The maximum atomic E-state index is 9.86. The van der Waals surface area contributed by atoms with Crippen molar-refractivity contribution in [2.45, 2.75) is 684 Å². The number of rotatable bonds is 29. The fraction of sp³-hybridized carbons (Fsp3) is 1.00. The molecule has 17 aliphatic rings. The van der Waals surface area contributed by atoms with Crippen LogP contribution >= 0.6 is 0 Å². The summed E-state index contributed by atoms with van der Waals surface area (Å²) in [5, 5.41) is 38.2. The minimum atomic E-state index is -0.284. The summed E-state index contributed by atoms with van der Waals surface area (Å²) in [5.41, 5.74) is 1.79. The van der Waals surface area contributed by atoms with Gasteiger partial charge in [0.15, 0.2) is 0 Å². The molecule has 14 saturated carbocycles. The quantitative estimate of drug-likeness (QED) is 0.0553. The van der Waals surface area contributed by atoms with Crippen molar-refractivity contribution in [2.75, 3.05) is 32.8 Å². The van der Waals surface area contributed by atoms with Crippen LogP contribution in [-0.4, -0.2) is 94.3 Å². The number of hydrogen-bond acceptors (Lipinski definition) is 7. The number of likely N-dealkylation sites (tertiary alicyclic amines) is 1. The molecule has 17 rings (SSSR count). The maximum Gasteiger partial charge on any atom is 0.0812 e. The van der Waals surface area contributed by atoms with Crippen molar-refractivity contribution in [1.82, 2.24) is 4.90 Å². The van der Waals surface area contributed by atoms with E-state index in [2.05, 4.69) is 261 Å². The predicted octanol–water partition coefficient (Wildman–Crippen LogP) is 43.0. The van der Waals surface area contributed by atoms with E-state index < -0.39 is 0 Å². The summed E-state index contributed by atoms with van der Waals surface area (Å²) in [6.45, 7) is 90.5. The first kappa shape index (κ1) is 144. The standard InChI is InChI=1S/C11H22.C10H20.C9H19N.2C9H18O.3C9H18.C8H16O.2C8H16.2C7H14O.2C7H14.C6H12O.C6H12/c1-10(2)9-11(3)7-5-4-6-8-11;1-9(2)10(3)7-5-4-6-8-10;1-9(2)8-10-6-4-3-5-7-10;1-8(2)7-9(10)5-3-4-6-9;1-7(2)9(10)8-5-3-4-6-8;1-8(2)9(3)6-4-5-7-9;1-8(2)7-9-5-3-4-6-9;1-8(2)9-6-4-3-5-7-9;1-6(2)8(9)7-4-3-5-7;1-7(2)6-8-4-3-5-8;1-7(2)8-5-3-4-6-8;1-6(2)3-4-7-5-8-7;1-5(2)7(8)6-3-4-6;1-6(2)5-7-3-4-7;1-6(2)7-4-3-5-7;1-5(2)3-6-4-7-6;1-5(2)6-3-4-6/h10H,4-9H2,1-3H3;9H,4-8H2,1-3H3;9H,3-8H2,1-2H3;8,10H,3-7H2,1-2H3;7-10H,3-6H2,1-2H3;8H,4-7H2,1-3H3;2*8-9H,3-7H2,1-2H3;6-9H,3-5H2,1-2H3;2*7-8H,3-6H2,1-2H3;6-7H,3-5H2,1-2H3;5-8H,3-4H2,1-2H3;2*6-7H,3-5H2,1-2H3;5-6H,3-4H2,1-2H3;5-6H,3-4H2,1-2H3. The molecule has 7 nitrogen and oxygen atoms in total. The van der Waals surface area contributed by atoms with Gasteiger partial charge >= 0.3 is 0 Å². The highest BCUT2D eigenvalue weighted by molar-refractivity contribution is 4.89. The number of ether oxygens (including phenoxy) is 2. The molecule has 7 heteroatoms. The first-order chi connectivity index (χ1) is 68.6. The maximum absolute atomic E-state index is 9.86. The Hall–Kier alpha value is -0.280. The average Bonchev–Trinajstić information content (AvgIpc) is 1.75. The Kier molecular flexibility index (Phi) is 80.9. The van der Waals surface area contributed by atoms with Gasteiger partial charge in [-0.05, 0) is 356 Å². The Morgan fingerprint density at radius 2 is 0.507 bits per heavy atom. The molecule has 0 aromatic rings. The molecule has 5 atom stereocenters. The first-order valence-corrected chi connectivity index (χ1v) is 66.4. The lowest BCUT2D eigenvalue weighted by atomic mass is 9.69. The van der Waals surface area contributed by atoms with Crippen LogP contribution in [0.3, 0.4) is 0 Å². The van der Waals surface area contributed by atoms with Gasteiger partial charge in [-0.15, -0.1) is 0 Å². The highest BCUT2D eigenvalue weighted by Crippen LogP contribution is 2.47. The first-order valence-electron chi connectivity index (χ1n) is 66.4. The van der Waals surface area contributed by atoms with Gasteiger partial charge in [-0.25, -0.2) is 0 Å². The lowest BCUT2D eigenvalue weighted by Gasteiger charge is -2.37. The van der Waals surface area contributed by atoms with E-state index >= 15 is 0 Å². The third-order valence-electron chi connectivity index (χ3n) is 37.6. The summed E-state index contributed by atoms with van der Waals surface area (Å²) >= 11 is 0. The Morgan fingerprint density at radius 1 is 0.247 bits per heavy atom. The van der Waals surface area contributed by atoms with Crippen LogP contribution in [0.15, 0.2) is 0 Å². The summed E-state index contributed by atoms with van der Waals surface area (Å²) in [7, 11) is 0. The highest BCUT2D eigenvalue weighted by Gasteiger charge is 2.37. The fourth-order valence-corrected chi connectivity index (χ4v) is 25.2. The second-order valence-electron chi connectivity index (χ2n) is 59.7. The summed E-state index contributed by atoms with van der Waals surface area (Å²) < 4.78 is 10.1. The Balaban J connectivity index is 0.000000777. The molecule has 0 radical (unpaired) electrons. The molecule has 0 bridgehead atoms. The van der Waals surface area contributed by atoms with Gasteiger partial charge in [-0.3, -0.25) is 0 Å². The van der Waals surface area contributed by atoms with Crippen LogP contribution in [0.4, 0.5) is 0 Å². The Morgan fingerprint density at radius 3 is 0.740 bits per heavy atom. The van der Waals surface area contributed by atoms with E-state index in [9.17, 15) is 20.4 Å². The van der Waals surface area contributed by atoms with Crippen LogP contribution < -0.4 is 0 Å². The minimum Gasteiger partial charge on any atom is -0.393 e. The van der Waals surface area contributed by atoms with Crippen LogP contribution in [0.2, 0.25) is 0 Å². The van der Waals surface area contributed by atoms with Gasteiger partial charge < -0.3 is 34.8 Å². The molecule has 146 heavy (non-hydrogen) atoms. The lowest BCUT2D eigenvalue weighted by molar-refractivity contribution is 0.0266. The molecule has 0 aromatic carbocycles. The van der Waals surface area contributed by atoms with E-state index in [0.29, 0.717) is 69.9 Å². The fourth-order valence-electron chi connectivity index (χ4n) is 25.2. The molecule has 17 fully saturated rings. The van der Waals surface area contributed by atoms with Gasteiger partial charge in [-0.1, -0.05) is 481 Å². The highest BCUT2D eigenvalue weighted by atomic mass is 16.6. The molecule has 14 aliphatic carbocycles. The molecule has 876 valence electrons. The van der Waals surface area contributed by atoms with Gasteiger partial charge in [0.1, 0.15) is 0 Å². The van der Waals surface area contributed by atoms with E-state index in [1.165, 1.54) is 392 Å². The number of epoxide rings is 2. The van der Waals surface area contributed by atoms with E-state index in [-0.39, 0.29) is 23.9 Å². The van der Waals surface area contributed by atoms with Crippen LogP contribution in [-0.2, 0) is 9.47 Å². The molecule has 0 aromatic heterocycles. The zero-order chi connectivity index (χ0) is 110. The predicted molar refractivity (Wildman–Crippen MR) is 652 cm³/mol. The van der Waals surface area contributed by atoms with Crippen LogP contribution in [0.1, 0.15) is 648 Å². The molecular weight excluding hydrogens is 1780 g/mol.